The number of fused-ring (bicyclic) bond motifs is 2. The largest absolute Gasteiger partial charge is 0.466 e. The van der Waals surface area contributed by atoms with Gasteiger partial charge >= 0.3 is 0 Å². The predicted molar refractivity (Wildman–Crippen MR) is 75.2 cm³/mol. The van der Waals surface area contributed by atoms with Crippen molar-refractivity contribution in [3.8, 4) is 18.2 Å². The molecule has 0 unspecified atom stereocenters. The Balaban J connectivity index is 2.35. The van der Waals surface area contributed by atoms with E-state index in [0.717, 1.165) is 0 Å². The summed E-state index contributed by atoms with van der Waals surface area (Å²) in [5, 5.41) is 37.7. The summed E-state index contributed by atoms with van der Waals surface area (Å²) in [6.45, 7) is 3.48. The van der Waals surface area contributed by atoms with Gasteiger partial charge in [-0.15, -0.1) is 0 Å². The average molecular weight is 310 g/mol. The van der Waals surface area contributed by atoms with Gasteiger partial charge in [-0.2, -0.15) is 15.8 Å². The molecule has 0 aliphatic carbocycles. The molecule has 3 heterocycles. The van der Waals surface area contributed by atoms with E-state index in [-0.39, 0.29) is 5.76 Å². The van der Waals surface area contributed by atoms with Gasteiger partial charge in [0.25, 0.3) is 0 Å². The average Bonchev–Trinajstić information content (AvgIpc) is 3.14. The second-order valence-electron chi connectivity index (χ2n) is 5.78. The maximum Gasteiger partial charge on any atom is 0.217 e. The maximum absolute atomic E-state index is 9.87. The van der Waals surface area contributed by atoms with E-state index in [1.165, 1.54) is 6.26 Å². The normalized spacial score (nSPS) is 37.3. The van der Waals surface area contributed by atoms with E-state index in [1.54, 1.807) is 19.1 Å². The minimum Gasteiger partial charge on any atom is -0.466 e. The van der Waals surface area contributed by atoms with Gasteiger partial charge in [0.1, 0.15) is 5.76 Å². The first-order chi connectivity index (χ1) is 11.0. The molecule has 7 nitrogen and oxygen atoms in total. The minimum absolute atomic E-state index is 0.260. The Morgan fingerprint density at radius 1 is 1.26 bits per heavy atom. The third-order valence-electron chi connectivity index (χ3n) is 5.10. The summed E-state index contributed by atoms with van der Waals surface area (Å²) in [6, 6.07) is 9.11. The molecule has 0 radical (unpaired) electrons. The molecule has 1 N–H and O–H groups in total. The molecule has 0 aromatic carbocycles. The monoisotopic (exact) mass is 310 g/mol. The Bertz CT molecular complexity index is 768. The summed E-state index contributed by atoms with van der Waals surface area (Å²) in [6.07, 6.45) is 0.651. The Morgan fingerprint density at radius 3 is 2.43 bits per heavy atom. The Labute approximate surface area is 133 Å². The fraction of sp³-hybridized carbons (Fsp3) is 0.500. The Morgan fingerprint density at radius 2 is 1.96 bits per heavy atom. The summed E-state index contributed by atoms with van der Waals surface area (Å²) in [7, 11) is 0. The number of ether oxygens (including phenoxy) is 2. The minimum atomic E-state index is -1.94. The van der Waals surface area contributed by atoms with Crippen LogP contribution in [0.15, 0.2) is 22.8 Å². The lowest BCUT2D eigenvalue weighted by Crippen LogP contribution is -2.58. The zero-order valence-corrected chi connectivity index (χ0v) is 12.7. The van der Waals surface area contributed by atoms with Crippen molar-refractivity contribution < 1.29 is 13.9 Å². The van der Waals surface area contributed by atoms with Crippen LogP contribution in [0, 0.1) is 56.2 Å². The summed E-state index contributed by atoms with van der Waals surface area (Å²) >= 11 is 0. The molecule has 4 atom stereocenters. The highest BCUT2D eigenvalue weighted by Crippen LogP contribution is 2.66. The van der Waals surface area contributed by atoms with E-state index < -0.39 is 34.5 Å². The van der Waals surface area contributed by atoms with Gasteiger partial charge < -0.3 is 13.9 Å². The van der Waals surface area contributed by atoms with Gasteiger partial charge in [-0.05, 0) is 12.1 Å². The van der Waals surface area contributed by atoms with Crippen molar-refractivity contribution in [2.24, 2.45) is 16.7 Å². The molecular formula is C16H14N4O3. The molecule has 0 saturated carbocycles. The van der Waals surface area contributed by atoms with Gasteiger partial charge in [0.15, 0.2) is 11.5 Å². The maximum atomic E-state index is 9.87. The first-order valence-electron chi connectivity index (χ1n) is 7.21. The molecule has 2 aliphatic rings. The van der Waals surface area contributed by atoms with Crippen LogP contribution in [-0.4, -0.2) is 11.7 Å². The molecular weight excluding hydrogens is 296 g/mol. The first-order valence-corrected chi connectivity index (χ1v) is 7.21. The zero-order valence-electron chi connectivity index (χ0n) is 12.7. The van der Waals surface area contributed by atoms with Crippen molar-refractivity contribution in [1.82, 2.24) is 0 Å². The molecule has 2 aliphatic heterocycles. The summed E-state index contributed by atoms with van der Waals surface area (Å²) < 4.78 is 17.0. The van der Waals surface area contributed by atoms with E-state index in [2.05, 4.69) is 0 Å². The fourth-order valence-electron chi connectivity index (χ4n) is 3.74. The van der Waals surface area contributed by atoms with Crippen LogP contribution in [0.25, 0.3) is 0 Å². The molecule has 3 rings (SSSR count). The fourth-order valence-corrected chi connectivity index (χ4v) is 3.74. The summed E-state index contributed by atoms with van der Waals surface area (Å²) in [4.78, 5) is 0. The van der Waals surface area contributed by atoms with Crippen molar-refractivity contribution in [3.05, 3.63) is 24.2 Å². The molecule has 1 aromatic rings. The molecule has 1 aromatic heterocycles. The van der Waals surface area contributed by atoms with E-state index in [4.69, 9.17) is 19.3 Å². The number of rotatable bonds is 2. The second-order valence-corrected chi connectivity index (χ2v) is 5.78. The second kappa shape index (κ2) is 4.59. The van der Waals surface area contributed by atoms with E-state index in [0.29, 0.717) is 6.42 Å². The number of nitrogens with zero attached hydrogens (tertiary/aromatic N) is 3. The lowest BCUT2D eigenvalue weighted by Gasteiger charge is -2.47. The molecule has 7 heteroatoms. The third-order valence-corrected chi connectivity index (χ3v) is 5.10. The van der Waals surface area contributed by atoms with E-state index >= 15 is 0 Å². The molecule has 2 saturated heterocycles. The van der Waals surface area contributed by atoms with Crippen LogP contribution in [0.2, 0.25) is 0 Å². The number of nitrogens with one attached hydrogen (secondary N) is 1. The van der Waals surface area contributed by atoms with Gasteiger partial charge in [0.05, 0.1) is 30.4 Å². The SMILES string of the molecule is CC[C@@]12OC(=N)[C@@](C#N)([C@@H]1C)C(C#N)(C#N)[C@H](c1ccco1)O2. The highest BCUT2D eigenvalue weighted by atomic mass is 16.7. The molecule has 2 fully saturated rings. The lowest BCUT2D eigenvalue weighted by molar-refractivity contribution is -0.283. The van der Waals surface area contributed by atoms with Crippen LogP contribution in [-0.2, 0) is 9.47 Å². The van der Waals surface area contributed by atoms with Crippen LogP contribution in [0.5, 0.6) is 0 Å². The summed E-state index contributed by atoms with van der Waals surface area (Å²) in [5.41, 5.74) is -3.66. The van der Waals surface area contributed by atoms with Gasteiger partial charge in [-0.3, -0.25) is 5.41 Å². The van der Waals surface area contributed by atoms with E-state index in [1.807, 2.05) is 25.1 Å². The van der Waals surface area contributed by atoms with Gasteiger partial charge in [-0.1, -0.05) is 13.8 Å². The summed E-state index contributed by atoms with van der Waals surface area (Å²) in [5.74, 6) is -2.02. The number of hydrogen-bond donors (Lipinski definition) is 1. The van der Waals surface area contributed by atoms with Gasteiger partial charge in [0, 0.05) is 6.42 Å². The van der Waals surface area contributed by atoms with Crippen molar-refractivity contribution >= 4 is 5.90 Å². The quantitative estimate of drug-likeness (QED) is 0.894. The van der Waals surface area contributed by atoms with Crippen molar-refractivity contribution in [1.29, 1.82) is 21.2 Å². The molecule has 0 amide bonds. The molecule has 23 heavy (non-hydrogen) atoms. The smallest absolute Gasteiger partial charge is 0.217 e. The number of hydrogen-bond acceptors (Lipinski definition) is 7. The van der Waals surface area contributed by atoms with Crippen molar-refractivity contribution in [3.63, 3.8) is 0 Å². The Kier molecular flexibility index (Phi) is 3.01. The van der Waals surface area contributed by atoms with E-state index in [9.17, 15) is 15.8 Å². The van der Waals surface area contributed by atoms with Crippen molar-refractivity contribution in [2.45, 2.75) is 32.2 Å². The topological polar surface area (TPSA) is 127 Å². The molecule has 2 bridgehead atoms. The van der Waals surface area contributed by atoms with Crippen LogP contribution < -0.4 is 0 Å². The first kappa shape index (κ1) is 15.1. The highest BCUT2D eigenvalue weighted by molar-refractivity contribution is 5.89. The lowest BCUT2D eigenvalue weighted by atomic mass is 9.54. The van der Waals surface area contributed by atoms with Crippen LogP contribution in [0.3, 0.4) is 0 Å². The van der Waals surface area contributed by atoms with Gasteiger partial charge in [0.2, 0.25) is 17.1 Å². The number of nitriles is 3. The predicted octanol–water partition coefficient (Wildman–Crippen LogP) is 2.64. The molecule has 0 spiro atoms. The standard InChI is InChI=1S/C16H14N4O3/c1-3-16-10(2)15(9-19,13(20)23-16)14(7-17,8-18)12(22-16)11-5-4-6-21-11/h4-6,10,12,20H,3H2,1-2H3/t10-,12-,15+,16+/m0/s1. The van der Waals surface area contributed by atoms with Crippen LogP contribution >= 0.6 is 0 Å². The molecule has 116 valence electrons. The van der Waals surface area contributed by atoms with Crippen molar-refractivity contribution in [2.75, 3.05) is 0 Å². The number of furan rings is 1. The van der Waals surface area contributed by atoms with Crippen LogP contribution in [0.4, 0.5) is 0 Å². The third kappa shape index (κ3) is 1.42. The Hall–Kier alpha value is -2.82. The zero-order chi connectivity index (χ0) is 16.9. The van der Waals surface area contributed by atoms with Crippen LogP contribution in [0.1, 0.15) is 32.1 Å². The van der Waals surface area contributed by atoms with Gasteiger partial charge in [-0.25, -0.2) is 0 Å². The highest BCUT2D eigenvalue weighted by Gasteiger charge is 2.79.